The van der Waals surface area contributed by atoms with E-state index in [1.165, 1.54) is 12.5 Å². The summed E-state index contributed by atoms with van der Waals surface area (Å²) in [5.41, 5.74) is 1.67. The van der Waals surface area contributed by atoms with Gasteiger partial charge in [0.2, 0.25) is 11.8 Å². The summed E-state index contributed by atoms with van der Waals surface area (Å²) in [5.74, 6) is -1.17. The van der Waals surface area contributed by atoms with Crippen molar-refractivity contribution >= 4 is 23.7 Å². The van der Waals surface area contributed by atoms with Crippen LogP contribution in [0.1, 0.15) is 57.8 Å². The number of nitrogens with zero attached hydrogens (tertiary/aromatic N) is 2. The minimum Gasteiger partial charge on any atom is -0.432 e. The van der Waals surface area contributed by atoms with E-state index in [9.17, 15) is 14.4 Å². The van der Waals surface area contributed by atoms with Crippen LogP contribution in [0.25, 0.3) is 0 Å². The number of rotatable bonds is 7. The van der Waals surface area contributed by atoms with Crippen LogP contribution < -0.4 is 10.8 Å². The van der Waals surface area contributed by atoms with E-state index >= 15 is 0 Å². The largest absolute Gasteiger partial charge is 0.432 e. The van der Waals surface area contributed by atoms with Crippen LogP contribution in [0.3, 0.4) is 0 Å². The molecule has 2 atom stereocenters. The number of nitrogens with one attached hydrogen (secondary N) is 2. The molecule has 2 saturated carbocycles. The fourth-order valence-electron chi connectivity index (χ4n) is 4.96. The van der Waals surface area contributed by atoms with Crippen molar-refractivity contribution in [3.63, 3.8) is 0 Å². The number of aromatic nitrogens is 1. The summed E-state index contributed by atoms with van der Waals surface area (Å²) < 4.78 is 5.10. The Labute approximate surface area is 169 Å². The van der Waals surface area contributed by atoms with Gasteiger partial charge in [0.15, 0.2) is 0 Å². The molecule has 1 aromatic rings. The minimum atomic E-state index is -0.597. The van der Waals surface area contributed by atoms with Gasteiger partial charge in [0.05, 0.1) is 6.20 Å². The highest BCUT2D eigenvalue weighted by atomic mass is 16.5. The molecule has 1 saturated heterocycles. The third-order valence-electron chi connectivity index (χ3n) is 6.71. The molecular weight excluding hydrogens is 376 g/mol. The van der Waals surface area contributed by atoms with Gasteiger partial charge in [-0.3, -0.25) is 24.9 Å². The van der Waals surface area contributed by atoms with Crippen molar-refractivity contribution in [2.24, 2.45) is 17.3 Å². The number of oxazole rings is 1. The molecule has 3 fully saturated rings. The number of carbonyl (C=O) groups is 3. The fourth-order valence-corrected chi connectivity index (χ4v) is 4.96. The second kappa shape index (κ2) is 8.14. The zero-order valence-corrected chi connectivity index (χ0v) is 16.4. The molecule has 9 heteroatoms. The average Bonchev–Trinajstić information content (AvgIpc) is 3.13. The minimum absolute atomic E-state index is 0.0193. The van der Waals surface area contributed by atoms with Crippen molar-refractivity contribution in [1.82, 2.24) is 15.4 Å². The molecule has 1 unspecified atom stereocenters. The molecular formula is C20H28N4O5. The molecule has 4 rings (SSSR count). The first-order valence-electron chi connectivity index (χ1n) is 10.4. The number of anilines is 1. The number of hydrogen-bond acceptors (Lipinski definition) is 6. The molecule has 0 radical (unpaired) electrons. The molecule has 29 heavy (non-hydrogen) atoms. The lowest BCUT2D eigenvalue weighted by atomic mass is 9.89. The highest BCUT2D eigenvalue weighted by molar-refractivity contribution is 5.97. The predicted octanol–water partition coefficient (Wildman–Crippen LogP) is 2.09. The first kappa shape index (κ1) is 19.9. The van der Waals surface area contributed by atoms with Gasteiger partial charge in [0.1, 0.15) is 12.3 Å². The molecule has 1 aliphatic heterocycles. The predicted molar refractivity (Wildman–Crippen MR) is 102 cm³/mol. The summed E-state index contributed by atoms with van der Waals surface area (Å²) in [4.78, 5) is 43.7. The van der Waals surface area contributed by atoms with E-state index < -0.39 is 17.9 Å². The summed E-state index contributed by atoms with van der Waals surface area (Å²) in [6.07, 6.45) is 10.4. The summed E-state index contributed by atoms with van der Waals surface area (Å²) in [6.45, 7) is 0.539. The topological polar surface area (TPSA) is 125 Å². The summed E-state index contributed by atoms with van der Waals surface area (Å²) in [6, 6.07) is -0.485. The second-order valence-corrected chi connectivity index (χ2v) is 8.83. The van der Waals surface area contributed by atoms with Crippen molar-refractivity contribution in [3.05, 3.63) is 12.5 Å². The highest BCUT2D eigenvalue weighted by Gasteiger charge is 2.56. The number of hydrogen-bond donors (Lipinski definition) is 3. The van der Waals surface area contributed by atoms with Crippen LogP contribution in [0.2, 0.25) is 0 Å². The molecule has 3 amide bonds. The van der Waals surface area contributed by atoms with Gasteiger partial charge in [0, 0.05) is 18.9 Å². The zero-order chi connectivity index (χ0) is 20.4. The maximum atomic E-state index is 13.5. The van der Waals surface area contributed by atoms with Crippen molar-refractivity contribution in [2.75, 3.05) is 11.9 Å². The Hall–Kier alpha value is -2.42. The molecule has 9 nitrogen and oxygen atoms in total. The number of hydroxylamine groups is 1. The SMILES string of the molecule is O=C(CC(CC1CCCC1)C(=O)N1CC2(CC2)C[C@H]1C(=O)Nc1ncco1)NO. The Kier molecular flexibility index (Phi) is 5.58. The Morgan fingerprint density at radius 2 is 2.07 bits per heavy atom. The lowest BCUT2D eigenvalue weighted by Gasteiger charge is -2.29. The van der Waals surface area contributed by atoms with Crippen LogP contribution in [0.15, 0.2) is 16.9 Å². The second-order valence-electron chi connectivity index (χ2n) is 8.83. The Balaban J connectivity index is 1.50. The summed E-state index contributed by atoms with van der Waals surface area (Å²) in [5, 5.41) is 11.6. The van der Waals surface area contributed by atoms with Crippen molar-refractivity contribution < 1.29 is 24.0 Å². The normalized spacial score (nSPS) is 23.9. The number of carbonyl (C=O) groups excluding carboxylic acids is 3. The highest BCUT2D eigenvalue weighted by Crippen LogP contribution is 2.55. The van der Waals surface area contributed by atoms with Gasteiger partial charge >= 0.3 is 6.01 Å². The Morgan fingerprint density at radius 3 is 2.69 bits per heavy atom. The smallest absolute Gasteiger partial charge is 0.301 e. The number of likely N-dealkylation sites (tertiary alicyclic amines) is 1. The van der Waals surface area contributed by atoms with Gasteiger partial charge < -0.3 is 9.32 Å². The van der Waals surface area contributed by atoms with Crippen LogP contribution in [-0.2, 0) is 14.4 Å². The Bertz CT molecular complexity index is 755. The van der Waals surface area contributed by atoms with E-state index in [0.717, 1.165) is 38.5 Å². The van der Waals surface area contributed by atoms with Crippen LogP contribution in [0.4, 0.5) is 6.01 Å². The van der Waals surface area contributed by atoms with Crippen LogP contribution in [0.5, 0.6) is 0 Å². The van der Waals surface area contributed by atoms with Gasteiger partial charge in [-0.1, -0.05) is 25.7 Å². The van der Waals surface area contributed by atoms with E-state index in [4.69, 9.17) is 9.62 Å². The molecule has 0 bridgehead atoms. The first-order valence-corrected chi connectivity index (χ1v) is 10.4. The monoisotopic (exact) mass is 404 g/mol. The zero-order valence-electron chi connectivity index (χ0n) is 16.4. The van der Waals surface area contributed by atoms with Gasteiger partial charge in [-0.15, -0.1) is 0 Å². The van der Waals surface area contributed by atoms with E-state index in [1.807, 2.05) is 0 Å². The van der Waals surface area contributed by atoms with Gasteiger partial charge in [0.25, 0.3) is 5.91 Å². The molecule has 1 aromatic heterocycles. The lowest BCUT2D eigenvalue weighted by Crippen LogP contribution is -2.46. The van der Waals surface area contributed by atoms with E-state index in [0.29, 0.717) is 25.3 Å². The van der Waals surface area contributed by atoms with Gasteiger partial charge in [-0.25, -0.2) is 10.5 Å². The first-order chi connectivity index (χ1) is 14.0. The standard InChI is InChI=1S/C20H28N4O5/c25-16(23-28)10-14(9-13-3-1-2-4-13)18(27)24-12-20(5-6-20)11-15(24)17(26)22-19-21-7-8-29-19/h7-8,13-15,28H,1-6,9-12H2,(H,23,25)(H,21,22,26)/t14?,15-/m0/s1. The van der Waals surface area contributed by atoms with Crippen molar-refractivity contribution in [3.8, 4) is 0 Å². The molecule has 3 aliphatic rings. The van der Waals surface area contributed by atoms with Crippen molar-refractivity contribution in [1.29, 1.82) is 0 Å². The average molecular weight is 404 g/mol. The van der Waals surface area contributed by atoms with Gasteiger partial charge in [-0.2, -0.15) is 0 Å². The van der Waals surface area contributed by atoms with Crippen molar-refractivity contribution in [2.45, 2.75) is 63.8 Å². The molecule has 0 aromatic carbocycles. The third kappa shape index (κ3) is 4.44. The van der Waals surface area contributed by atoms with Crippen LogP contribution in [-0.4, -0.2) is 45.4 Å². The molecule has 2 aliphatic carbocycles. The van der Waals surface area contributed by atoms with Gasteiger partial charge in [-0.05, 0) is 37.0 Å². The maximum Gasteiger partial charge on any atom is 0.301 e. The summed E-state index contributed by atoms with van der Waals surface area (Å²) >= 11 is 0. The maximum absolute atomic E-state index is 13.5. The third-order valence-corrected chi connectivity index (χ3v) is 6.71. The van der Waals surface area contributed by atoms with E-state index in [2.05, 4.69) is 10.3 Å². The van der Waals surface area contributed by atoms with E-state index in [-0.39, 0.29) is 29.7 Å². The molecule has 3 N–H and O–H groups in total. The number of amides is 3. The van der Waals surface area contributed by atoms with E-state index in [1.54, 1.807) is 10.4 Å². The van der Waals surface area contributed by atoms with Crippen LogP contribution in [0, 0.1) is 17.3 Å². The molecule has 158 valence electrons. The lowest BCUT2D eigenvalue weighted by molar-refractivity contribution is -0.144. The fraction of sp³-hybridized carbons (Fsp3) is 0.700. The molecule has 1 spiro atoms. The van der Waals surface area contributed by atoms with Crippen LogP contribution >= 0.6 is 0 Å². The quantitative estimate of drug-likeness (QED) is 0.472. The summed E-state index contributed by atoms with van der Waals surface area (Å²) in [7, 11) is 0. The molecule has 2 heterocycles. The Morgan fingerprint density at radius 1 is 1.31 bits per heavy atom.